The summed E-state index contributed by atoms with van der Waals surface area (Å²) in [5.41, 5.74) is -0.459. The van der Waals surface area contributed by atoms with E-state index in [4.69, 9.17) is 23.2 Å². The lowest BCUT2D eigenvalue weighted by Crippen LogP contribution is -2.51. The van der Waals surface area contributed by atoms with E-state index in [1.807, 2.05) is 0 Å². The zero-order valence-corrected chi connectivity index (χ0v) is 15.5. The molecule has 1 atom stereocenters. The molecule has 26 heavy (non-hydrogen) atoms. The minimum absolute atomic E-state index is 0.0771. The summed E-state index contributed by atoms with van der Waals surface area (Å²) >= 11 is 11.8. The van der Waals surface area contributed by atoms with Gasteiger partial charge in [-0.25, -0.2) is 9.18 Å². The van der Waals surface area contributed by atoms with Gasteiger partial charge >= 0.3 is 6.03 Å². The van der Waals surface area contributed by atoms with E-state index in [-0.39, 0.29) is 27.8 Å². The number of amides is 4. The Morgan fingerprint density at radius 1 is 1.27 bits per heavy atom. The molecule has 1 saturated heterocycles. The minimum Gasteiger partial charge on any atom is -0.349 e. The molecule has 9 heteroatoms. The molecular weight excluding hydrogens is 384 g/mol. The van der Waals surface area contributed by atoms with Crippen LogP contribution in [0.5, 0.6) is 0 Å². The molecule has 1 aromatic rings. The van der Waals surface area contributed by atoms with Crippen molar-refractivity contribution in [3.63, 3.8) is 0 Å². The van der Waals surface area contributed by atoms with Gasteiger partial charge in [0.2, 0.25) is 5.91 Å². The third-order valence-electron chi connectivity index (χ3n) is 5.09. The number of nitrogens with one attached hydrogen (secondary N) is 3. The number of carbonyl (C=O) groups is 3. The molecule has 4 amide bonds. The van der Waals surface area contributed by atoms with Crippen LogP contribution in [0.4, 0.5) is 9.18 Å². The summed E-state index contributed by atoms with van der Waals surface area (Å²) in [6.07, 6.45) is 1.73. The van der Waals surface area contributed by atoms with Crippen LogP contribution in [0.15, 0.2) is 12.1 Å². The van der Waals surface area contributed by atoms with Gasteiger partial charge in [-0.2, -0.15) is 0 Å². The lowest BCUT2D eigenvalue weighted by molar-refractivity contribution is -0.130. The first-order valence-corrected chi connectivity index (χ1v) is 9.06. The second kappa shape index (κ2) is 7.04. The summed E-state index contributed by atoms with van der Waals surface area (Å²) in [7, 11) is 0. The van der Waals surface area contributed by atoms with Gasteiger partial charge in [-0.1, -0.05) is 23.2 Å². The molecule has 0 bridgehead atoms. The molecule has 1 heterocycles. The Balaban J connectivity index is 1.62. The second-order valence-corrected chi connectivity index (χ2v) is 7.60. The number of hydrogen-bond donors (Lipinski definition) is 3. The van der Waals surface area contributed by atoms with Crippen LogP contribution in [0.25, 0.3) is 0 Å². The van der Waals surface area contributed by atoms with Crippen LogP contribution in [-0.4, -0.2) is 23.4 Å². The molecule has 0 radical (unpaired) electrons. The maximum absolute atomic E-state index is 13.7. The van der Waals surface area contributed by atoms with Gasteiger partial charge in [0.25, 0.3) is 5.91 Å². The van der Waals surface area contributed by atoms with E-state index >= 15 is 0 Å². The highest BCUT2D eigenvalue weighted by Crippen LogP contribution is 2.35. The normalized spacial score (nSPS) is 26.4. The molecule has 6 nitrogen and oxygen atoms in total. The predicted molar refractivity (Wildman–Crippen MR) is 94.3 cm³/mol. The second-order valence-electron chi connectivity index (χ2n) is 6.78. The minimum atomic E-state index is -0.901. The van der Waals surface area contributed by atoms with E-state index in [2.05, 4.69) is 16.0 Å². The Bertz CT molecular complexity index is 779. The summed E-state index contributed by atoms with van der Waals surface area (Å²) in [5.74, 6) is -1.42. The first kappa shape index (κ1) is 18.9. The highest BCUT2D eigenvalue weighted by Gasteiger charge is 2.48. The van der Waals surface area contributed by atoms with Crippen LogP contribution in [-0.2, 0) is 9.59 Å². The smallest absolute Gasteiger partial charge is 0.322 e. The van der Waals surface area contributed by atoms with Crippen molar-refractivity contribution in [1.82, 2.24) is 16.0 Å². The lowest BCUT2D eigenvalue weighted by atomic mass is 9.76. The summed E-state index contributed by atoms with van der Waals surface area (Å²) in [6.45, 7) is 1.71. The Hall–Kier alpha value is -1.86. The Morgan fingerprint density at radius 3 is 2.50 bits per heavy atom. The number of carbonyl (C=O) groups excluding carboxylic acids is 3. The van der Waals surface area contributed by atoms with E-state index in [0.717, 1.165) is 0 Å². The molecule has 1 aromatic carbocycles. The molecular formula is C17H18Cl2FN3O3. The SMILES string of the molecule is CC(NC(=O)C1CCC2(CC1)NC(=O)NC2=O)c1cc(F)c(Cl)cc1Cl. The highest BCUT2D eigenvalue weighted by molar-refractivity contribution is 6.35. The third-order valence-corrected chi connectivity index (χ3v) is 5.71. The molecule has 1 aliphatic heterocycles. The number of benzene rings is 1. The lowest BCUT2D eigenvalue weighted by Gasteiger charge is -2.34. The first-order valence-electron chi connectivity index (χ1n) is 8.30. The molecule has 1 aliphatic carbocycles. The van der Waals surface area contributed by atoms with Crippen molar-refractivity contribution in [2.45, 2.75) is 44.2 Å². The van der Waals surface area contributed by atoms with Crippen LogP contribution in [0.1, 0.15) is 44.2 Å². The topological polar surface area (TPSA) is 87.3 Å². The number of rotatable bonds is 3. The van der Waals surface area contributed by atoms with Gasteiger partial charge in [0.1, 0.15) is 11.4 Å². The fourth-order valence-electron chi connectivity index (χ4n) is 3.53. The predicted octanol–water partition coefficient (Wildman–Crippen LogP) is 3.08. The summed E-state index contributed by atoms with van der Waals surface area (Å²) in [4.78, 5) is 35.8. The van der Waals surface area contributed by atoms with Gasteiger partial charge in [-0.05, 0) is 50.3 Å². The average Bonchev–Trinajstić information content (AvgIpc) is 2.84. The van der Waals surface area contributed by atoms with E-state index in [9.17, 15) is 18.8 Å². The molecule has 140 valence electrons. The van der Waals surface area contributed by atoms with Gasteiger partial charge in [0, 0.05) is 10.9 Å². The van der Waals surface area contributed by atoms with Gasteiger partial charge < -0.3 is 10.6 Å². The molecule has 3 rings (SSSR count). The number of hydrogen-bond acceptors (Lipinski definition) is 3. The van der Waals surface area contributed by atoms with Crippen molar-refractivity contribution >= 4 is 41.0 Å². The standard InChI is InChI=1S/C17H18Cl2FN3O3/c1-8(10-6-13(20)12(19)7-11(10)18)21-14(24)9-2-4-17(5-3-9)15(25)22-16(26)23-17/h6-9H,2-5H2,1H3,(H,21,24)(H2,22,23,25,26). The maximum atomic E-state index is 13.7. The summed E-state index contributed by atoms with van der Waals surface area (Å²) in [6, 6.07) is 1.53. The van der Waals surface area contributed by atoms with Gasteiger partial charge in [-0.3, -0.25) is 14.9 Å². The molecule has 0 aromatic heterocycles. The monoisotopic (exact) mass is 401 g/mol. The Kier molecular flexibility index (Phi) is 5.12. The summed E-state index contributed by atoms with van der Waals surface area (Å²) < 4.78 is 13.7. The zero-order valence-electron chi connectivity index (χ0n) is 14.0. The van der Waals surface area contributed by atoms with E-state index in [0.29, 0.717) is 31.2 Å². The maximum Gasteiger partial charge on any atom is 0.322 e. The van der Waals surface area contributed by atoms with Crippen molar-refractivity contribution < 1.29 is 18.8 Å². The molecule has 1 spiro atoms. The number of halogens is 3. The number of urea groups is 1. The molecule has 2 fully saturated rings. The van der Waals surface area contributed by atoms with Crippen molar-refractivity contribution in [3.05, 3.63) is 33.6 Å². The van der Waals surface area contributed by atoms with E-state index in [1.165, 1.54) is 12.1 Å². The molecule has 1 unspecified atom stereocenters. The fraction of sp³-hybridized carbons (Fsp3) is 0.471. The quantitative estimate of drug-likeness (QED) is 0.537. The van der Waals surface area contributed by atoms with E-state index < -0.39 is 23.4 Å². The van der Waals surface area contributed by atoms with E-state index in [1.54, 1.807) is 6.92 Å². The van der Waals surface area contributed by atoms with Gasteiger partial charge in [0.15, 0.2) is 0 Å². The van der Waals surface area contributed by atoms with Crippen LogP contribution >= 0.6 is 23.2 Å². The largest absolute Gasteiger partial charge is 0.349 e. The summed E-state index contributed by atoms with van der Waals surface area (Å²) in [5, 5.41) is 7.93. The molecule has 2 aliphatic rings. The Labute approximate surface area is 159 Å². The van der Waals surface area contributed by atoms with Gasteiger partial charge in [0.05, 0.1) is 11.1 Å². The number of imide groups is 1. The third kappa shape index (κ3) is 3.50. The Morgan fingerprint density at radius 2 is 1.92 bits per heavy atom. The van der Waals surface area contributed by atoms with Crippen LogP contribution < -0.4 is 16.0 Å². The molecule has 1 saturated carbocycles. The van der Waals surface area contributed by atoms with Crippen LogP contribution in [0.2, 0.25) is 10.0 Å². The van der Waals surface area contributed by atoms with Crippen molar-refractivity contribution in [2.24, 2.45) is 5.92 Å². The average molecular weight is 402 g/mol. The fourth-order valence-corrected chi connectivity index (χ4v) is 4.08. The van der Waals surface area contributed by atoms with Gasteiger partial charge in [-0.15, -0.1) is 0 Å². The van der Waals surface area contributed by atoms with Crippen LogP contribution in [0, 0.1) is 11.7 Å². The zero-order chi connectivity index (χ0) is 19.1. The highest BCUT2D eigenvalue weighted by atomic mass is 35.5. The van der Waals surface area contributed by atoms with Crippen LogP contribution in [0.3, 0.4) is 0 Å². The van der Waals surface area contributed by atoms with Crippen molar-refractivity contribution in [3.8, 4) is 0 Å². The molecule has 3 N–H and O–H groups in total. The van der Waals surface area contributed by atoms with Crippen molar-refractivity contribution in [2.75, 3.05) is 0 Å². The first-order chi connectivity index (χ1) is 12.2. The van der Waals surface area contributed by atoms with Crippen molar-refractivity contribution in [1.29, 1.82) is 0 Å².